The zero-order chi connectivity index (χ0) is 18.2. The summed E-state index contributed by atoms with van der Waals surface area (Å²) in [6.45, 7) is 0. The van der Waals surface area contributed by atoms with Gasteiger partial charge >= 0.3 is 6.18 Å². The van der Waals surface area contributed by atoms with E-state index in [-0.39, 0.29) is 17.0 Å². The Morgan fingerprint density at radius 3 is 2.04 bits per heavy atom. The van der Waals surface area contributed by atoms with E-state index in [2.05, 4.69) is 0 Å². The molecule has 0 atom stereocenters. The van der Waals surface area contributed by atoms with Crippen molar-refractivity contribution in [1.82, 2.24) is 0 Å². The second-order valence-corrected chi connectivity index (χ2v) is 6.38. The molecular weight excluding hydrogens is 342 g/mol. The Labute approximate surface area is 141 Å². The van der Waals surface area contributed by atoms with Gasteiger partial charge in [0.15, 0.2) is 0 Å². The summed E-state index contributed by atoms with van der Waals surface area (Å²) >= 11 is 0. The van der Waals surface area contributed by atoms with Crippen molar-refractivity contribution in [3.05, 3.63) is 59.2 Å². The molecule has 134 valence electrons. The van der Waals surface area contributed by atoms with Crippen LogP contribution in [0.1, 0.15) is 42.7 Å². The number of benzene rings is 2. The SMILES string of the molecule is Fc1cc(C2CCC(F)CC2)ccc1-c1ccc(C(F)(F)F)c(F)c1. The first-order valence-electron chi connectivity index (χ1n) is 8.06. The normalized spacial score (nSPS) is 21.4. The molecule has 2 aromatic carbocycles. The van der Waals surface area contributed by atoms with Crippen LogP contribution in [0.15, 0.2) is 36.4 Å². The van der Waals surface area contributed by atoms with E-state index in [0.29, 0.717) is 37.8 Å². The Balaban J connectivity index is 1.87. The highest BCUT2D eigenvalue weighted by molar-refractivity contribution is 5.65. The molecule has 0 aliphatic heterocycles. The van der Waals surface area contributed by atoms with E-state index >= 15 is 0 Å². The van der Waals surface area contributed by atoms with Crippen molar-refractivity contribution in [1.29, 1.82) is 0 Å². The van der Waals surface area contributed by atoms with Crippen LogP contribution in [0, 0.1) is 11.6 Å². The molecule has 1 fully saturated rings. The smallest absolute Gasteiger partial charge is 0.247 e. The maximum absolute atomic E-state index is 14.4. The molecule has 0 saturated heterocycles. The predicted molar refractivity (Wildman–Crippen MR) is 82.9 cm³/mol. The van der Waals surface area contributed by atoms with E-state index in [1.54, 1.807) is 6.07 Å². The Kier molecular flexibility index (Phi) is 4.80. The van der Waals surface area contributed by atoms with E-state index in [1.807, 2.05) is 0 Å². The maximum atomic E-state index is 14.4. The topological polar surface area (TPSA) is 0 Å². The van der Waals surface area contributed by atoms with E-state index in [4.69, 9.17) is 0 Å². The molecule has 0 spiro atoms. The van der Waals surface area contributed by atoms with Gasteiger partial charge in [-0.1, -0.05) is 18.2 Å². The van der Waals surface area contributed by atoms with Gasteiger partial charge in [-0.25, -0.2) is 13.2 Å². The maximum Gasteiger partial charge on any atom is 0.419 e. The van der Waals surface area contributed by atoms with Gasteiger partial charge < -0.3 is 0 Å². The summed E-state index contributed by atoms with van der Waals surface area (Å²) in [5.74, 6) is -1.99. The fourth-order valence-corrected chi connectivity index (χ4v) is 3.32. The van der Waals surface area contributed by atoms with Gasteiger partial charge in [-0.3, -0.25) is 0 Å². The summed E-state index contributed by atoms with van der Waals surface area (Å²) in [4.78, 5) is 0. The van der Waals surface area contributed by atoms with E-state index in [9.17, 15) is 26.3 Å². The number of alkyl halides is 4. The summed E-state index contributed by atoms with van der Waals surface area (Å²) in [5, 5.41) is 0. The van der Waals surface area contributed by atoms with Crippen LogP contribution in [-0.4, -0.2) is 6.17 Å². The molecule has 1 saturated carbocycles. The fraction of sp³-hybridized carbons (Fsp3) is 0.368. The van der Waals surface area contributed by atoms with Gasteiger partial charge in [-0.05, 0) is 60.9 Å². The lowest BCUT2D eigenvalue weighted by atomic mass is 9.83. The number of rotatable bonds is 2. The first-order chi connectivity index (χ1) is 11.8. The van der Waals surface area contributed by atoms with Crippen LogP contribution in [0.4, 0.5) is 26.3 Å². The van der Waals surface area contributed by atoms with Crippen LogP contribution in [-0.2, 0) is 6.18 Å². The van der Waals surface area contributed by atoms with Gasteiger partial charge in [0.1, 0.15) is 17.8 Å². The van der Waals surface area contributed by atoms with E-state index in [0.717, 1.165) is 11.6 Å². The molecule has 0 amide bonds. The van der Waals surface area contributed by atoms with E-state index in [1.165, 1.54) is 12.1 Å². The molecule has 0 unspecified atom stereocenters. The van der Waals surface area contributed by atoms with Crippen LogP contribution >= 0.6 is 0 Å². The highest BCUT2D eigenvalue weighted by Gasteiger charge is 2.34. The summed E-state index contributed by atoms with van der Waals surface area (Å²) < 4.78 is 79.1. The molecule has 1 aliphatic carbocycles. The van der Waals surface area contributed by atoms with Crippen molar-refractivity contribution in [2.45, 2.75) is 43.9 Å². The first-order valence-corrected chi connectivity index (χ1v) is 8.06. The highest BCUT2D eigenvalue weighted by atomic mass is 19.4. The lowest BCUT2D eigenvalue weighted by molar-refractivity contribution is -0.139. The Bertz CT molecular complexity index is 757. The Morgan fingerprint density at radius 1 is 0.800 bits per heavy atom. The fourth-order valence-electron chi connectivity index (χ4n) is 3.32. The van der Waals surface area contributed by atoms with Gasteiger partial charge in [0, 0.05) is 5.56 Å². The van der Waals surface area contributed by atoms with Crippen molar-refractivity contribution in [3.63, 3.8) is 0 Å². The number of hydrogen-bond donors (Lipinski definition) is 0. The Hall–Kier alpha value is -1.98. The monoisotopic (exact) mass is 358 g/mol. The molecule has 0 bridgehead atoms. The van der Waals surface area contributed by atoms with Crippen LogP contribution in [0.3, 0.4) is 0 Å². The summed E-state index contributed by atoms with van der Waals surface area (Å²) in [6.07, 6.45) is -3.45. The van der Waals surface area contributed by atoms with Crippen molar-refractivity contribution < 1.29 is 26.3 Å². The molecular formula is C19H16F6. The van der Waals surface area contributed by atoms with Gasteiger partial charge in [-0.15, -0.1) is 0 Å². The highest BCUT2D eigenvalue weighted by Crippen LogP contribution is 2.37. The molecule has 1 aliphatic rings. The van der Waals surface area contributed by atoms with Crippen molar-refractivity contribution in [2.75, 3.05) is 0 Å². The minimum Gasteiger partial charge on any atom is -0.247 e. The van der Waals surface area contributed by atoms with Gasteiger partial charge in [0.05, 0.1) is 5.56 Å². The molecule has 3 rings (SSSR count). The molecule has 2 aromatic rings. The number of halogens is 6. The van der Waals surface area contributed by atoms with Crippen LogP contribution in [0.25, 0.3) is 11.1 Å². The van der Waals surface area contributed by atoms with Gasteiger partial charge in [0.25, 0.3) is 0 Å². The van der Waals surface area contributed by atoms with Gasteiger partial charge in [-0.2, -0.15) is 13.2 Å². The second kappa shape index (κ2) is 6.73. The zero-order valence-corrected chi connectivity index (χ0v) is 13.2. The van der Waals surface area contributed by atoms with Crippen molar-refractivity contribution in [2.24, 2.45) is 0 Å². The molecule has 0 aromatic heterocycles. The lowest BCUT2D eigenvalue weighted by Crippen LogP contribution is -2.13. The number of hydrogen-bond acceptors (Lipinski definition) is 0. The molecule has 0 heterocycles. The van der Waals surface area contributed by atoms with Crippen LogP contribution in [0.5, 0.6) is 0 Å². The standard InChI is InChI=1S/C19H16F6/c20-14-5-1-11(2-6-14)12-3-7-15(17(21)9-12)13-4-8-16(18(22)10-13)19(23,24)25/h3-4,7-11,14H,1-2,5-6H2. The van der Waals surface area contributed by atoms with Crippen molar-refractivity contribution >= 4 is 0 Å². The van der Waals surface area contributed by atoms with E-state index < -0.39 is 29.5 Å². The molecule has 6 heteroatoms. The molecule has 0 N–H and O–H groups in total. The average molecular weight is 358 g/mol. The third-order valence-corrected chi connectivity index (χ3v) is 4.71. The minimum atomic E-state index is -4.79. The Morgan fingerprint density at radius 2 is 1.48 bits per heavy atom. The third-order valence-electron chi connectivity index (χ3n) is 4.71. The largest absolute Gasteiger partial charge is 0.419 e. The minimum absolute atomic E-state index is 0.0375. The average Bonchev–Trinajstić information content (AvgIpc) is 2.54. The predicted octanol–water partition coefficient (Wildman–Crippen LogP) is 6.65. The first kappa shape index (κ1) is 17.8. The summed E-state index contributed by atoms with van der Waals surface area (Å²) in [6, 6.07) is 6.79. The third kappa shape index (κ3) is 3.83. The zero-order valence-electron chi connectivity index (χ0n) is 13.2. The summed E-state index contributed by atoms with van der Waals surface area (Å²) in [7, 11) is 0. The van der Waals surface area contributed by atoms with Crippen molar-refractivity contribution in [3.8, 4) is 11.1 Å². The lowest BCUT2D eigenvalue weighted by Gasteiger charge is -2.24. The quantitative estimate of drug-likeness (QED) is 0.528. The molecule has 0 radical (unpaired) electrons. The van der Waals surface area contributed by atoms with Crippen LogP contribution < -0.4 is 0 Å². The summed E-state index contributed by atoms with van der Waals surface area (Å²) in [5.41, 5.74) is -0.561. The second-order valence-electron chi connectivity index (χ2n) is 6.38. The molecule has 25 heavy (non-hydrogen) atoms. The van der Waals surface area contributed by atoms with Gasteiger partial charge in [0.2, 0.25) is 0 Å². The van der Waals surface area contributed by atoms with Crippen LogP contribution in [0.2, 0.25) is 0 Å². The molecule has 0 nitrogen and oxygen atoms in total.